The second-order valence-corrected chi connectivity index (χ2v) is 4.86. The molecule has 5 heteroatoms. The van der Waals surface area contributed by atoms with E-state index in [1.54, 1.807) is 0 Å². The second-order valence-electron chi connectivity index (χ2n) is 4.86. The highest BCUT2D eigenvalue weighted by Gasteiger charge is 2.26. The van der Waals surface area contributed by atoms with Gasteiger partial charge in [-0.05, 0) is 25.5 Å². The number of hydrogen-bond donors (Lipinski definition) is 1. The molecule has 20 heavy (non-hydrogen) atoms. The Morgan fingerprint density at radius 2 is 1.85 bits per heavy atom. The van der Waals surface area contributed by atoms with Gasteiger partial charge in [0.15, 0.2) is 0 Å². The van der Waals surface area contributed by atoms with E-state index in [1.807, 2.05) is 38.1 Å². The smallest absolute Gasteiger partial charge is 0.379 e. The molecule has 0 aliphatic heterocycles. The van der Waals surface area contributed by atoms with Crippen LogP contribution < -0.4 is 5.32 Å². The number of halogens is 3. The number of ether oxygens (including phenoxy) is 1. The van der Waals surface area contributed by atoms with Crippen molar-refractivity contribution in [1.29, 1.82) is 0 Å². The molecule has 0 heterocycles. The number of alkyl halides is 3. The van der Waals surface area contributed by atoms with E-state index in [-0.39, 0.29) is 19.3 Å². The van der Waals surface area contributed by atoms with Gasteiger partial charge in [0.25, 0.3) is 0 Å². The Balaban J connectivity index is 2.49. The van der Waals surface area contributed by atoms with Gasteiger partial charge in [-0.2, -0.15) is 13.2 Å². The highest BCUT2D eigenvalue weighted by molar-refractivity contribution is 5.24. The fourth-order valence-electron chi connectivity index (χ4n) is 1.78. The number of hydrogen-bond acceptors (Lipinski definition) is 2. The lowest BCUT2D eigenvalue weighted by atomic mass is 10.1. The molecule has 0 aliphatic carbocycles. The Bertz CT molecular complexity index is 376. The Hall–Kier alpha value is -1.07. The second kappa shape index (κ2) is 8.27. The summed E-state index contributed by atoms with van der Waals surface area (Å²) in [6.45, 7) is 4.81. The molecule has 1 N–H and O–H groups in total. The fourth-order valence-corrected chi connectivity index (χ4v) is 1.78. The molecule has 0 saturated carbocycles. The van der Waals surface area contributed by atoms with Gasteiger partial charge in [-0.1, -0.05) is 36.8 Å². The highest BCUT2D eigenvalue weighted by Crippen LogP contribution is 2.20. The molecule has 0 spiro atoms. The molecule has 114 valence electrons. The van der Waals surface area contributed by atoms with E-state index in [0.717, 1.165) is 24.1 Å². The van der Waals surface area contributed by atoms with Crippen LogP contribution in [0.15, 0.2) is 24.3 Å². The van der Waals surface area contributed by atoms with Crippen molar-refractivity contribution in [3.8, 4) is 0 Å². The van der Waals surface area contributed by atoms with Crippen LogP contribution in [0.3, 0.4) is 0 Å². The number of benzene rings is 1. The first-order valence-electron chi connectivity index (χ1n) is 6.87. The van der Waals surface area contributed by atoms with Gasteiger partial charge >= 0.3 is 6.18 Å². The Morgan fingerprint density at radius 1 is 1.20 bits per heavy atom. The van der Waals surface area contributed by atoms with E-state index >= 15 is 0 Å². The highest BCUT2D eigenvalue weighted by atomic mass is 19.4. The molecule has 0 bridgehead atoms. The van der Waals surface area contributed by atoms with Gasteiger partial charge in [0.2, 0.25) is 0 Å². The molecule has 1 unspecified atom stereocenters. The first-order valence-corrected chi connectivity index (χ1v) is 6.87. The van der Waals surface area contributed by atoms with Crippen LogP contribution in [0, 0.1) is 6.92 Å². The van der Waals surface area contributed by atoms with Crippen LogP contribution in [0.4, 0.5) is 13.2 Å². The number of nitrogens with one attached hydrogen (secondary N) is 1. The molecule has 0 amide bonds. The van der Waals surface area contributed by atoms with Crippen LogP contribution in [0.1, 0.15) is 36.9 Å². The third-order valence-electron chi connectivity index (χ3n) is 2.93. The SMILES string of the molecule is CCCNC(COCCC(F)(F)F)c1ccc(C)cc1. The summed E-state index contributed by atoms with van der Waals surface area (Å²) in [7, 11) is 0. The predicted molar refractivity (Wildman–Crippen MR) is 73.7 cm³/mol. The zero-order valence-electron chi connectivity index (χ0n) is 12.0. The van der Waals surface area contributed by atoms with Crippen molar-refractivity contribution in [1.82, 2.24) is 5.32 Å². The normalized spacial score (nSPS) is 13.4. The Kier molecular flexibility index (Phi) is 7.02. The summed E-state index contributed by atoms with van der Waals surface area (Å²) in [4.78, 5) is 0. The molecule has 0 fully saturated rings. The first kappa shape index (κ1) is 17.0. The third kappa shape index (κ3) is 6.91. The van der Waals surface area contributed by atoms with Crippen LogP contribution >= 0.6 is 0 Å². The van der Waals surface area contributed by atoms with Crippen molar-refractivity contribution in [3.05, 3.63) is 35.4 Å². The Labute approximate surface area is 118 Å². The lowest BCUT2D eigenvalue weighted by Crippen LogP contribution is -2.27. The largest absolute Gasteiger partial charge is 0.391 e. The Morgan fingerprint density at radius 3 is 2.40 bits per heavy atom. The lowest BCUT2D eigenvalue weighted by molar-refractivity contribution is -0.145. The van der Waals surface area contributed by atoms with E-state index in [1.165, 1.54) is 0 Å². The molecule has 2 nitrogen and oxygen atoms in total. The minimum absolute atomic E-state index is 0.0659. The predicted octanol–water partition coefficient (Wildman–Crippen LogP) is 4.00. The fraction of sp³-hybridized carbons (Fsp3) is 0.600. The summed E-state index contributed by atoms with van der Waals surface area (Å²) in [5, 5.41) is 3.30. The van der Waals surface area contributed by atoms with Crippen molar-refractivity contribution in [2.45, 2.75) is 38.9 Å². The summed E-state index contributed by atoms with van der Waals surface area (Å²) in [6.07, 6.45) is -4.09. The van der Waals surface area contributed by atoms with Crippen LogP contribution in [0.25, 0.3) is 0 Å². The maximum atomic E-state index is 12.1. The lowest BCUT2D eigenvalue weighted by Gasteiger charge is -2.19. The van der Waals surface area contributed by atoms with Crippen LogP contribution in [-0.2, 0) is 4.74 Å². The van der Waals surface area contributed by atoms with Gasteiger partial charge in [-0.15, -0.1) is 0 Å². The molecule has 0 aromatic heterocycles. The van der Waals surface area contributed by atoms with E-state index in [9.17, 15) is 13.2 Å². The minimum atomic E-state index is -4.16. The van der Waals surface area contributed by atoms with Crippen molar-refractivity contribution < 1.29 is 17.9 Å². The van der Waals surface area contributed by atoms with Gasteiger partial charge < -0.3 is 10.1 Å². The number of rotatable bonds is 8. The van der Waals surface area contributed by atoms with Gasteiger partial charge in [0.05, 0.1) is 25.7 Å². The van der Waals surface area contributed by atoms with Crippen molar-refractivity contribution >= 4 is 0 Å². The maximum Gasteiger partial charge on any atom is 0.391 e. The van der Waals surface area contributed by atoms with E-state index in [4.69, 9.17) is 4.74 Å². The molecule has 0 radical (unpaired) electrons. The zero-order chi connectivity index (χ0) is 15.0. The van der Waals surface area contributed by atoms with Gasteiger partial charge in [-0.25, -0.2) is 0 Å². The van der Waals surface area contributed by atoms with Crippen LogP contribution in [0.2, 0.25) is 0 Å². The van der Waals surface area contributed by atoms with Gasteiger partial charge in [0, 0.05) is 0 Å². The molecule has 1 aromatic rings. The molecule has 0 aliphatic rings. The van der Waals surface area contributed by atoms with Crippen LogP contribution in [-0.4, -0.2) is 25.9 Å². The van der Waals surface area contributed by atoms with E-state index in [0.29, 0.717) is 0 Å². The standard InChI is InChI=1S/C15H22F3NO/c1-3-9-19-14(11-20-10-8-15(16,17)18)13-6-4-12(2)5-7-13/h4-7,14,19H,3,8-11H2,1-2H3. The van der Waals surface area contributed by atoms with E-state index in [2.05, 4.69) is 5.32 Å². The quantitative estimate of drug-likeness (QED) is 0.730. The zero-order valence-corrected chi connectivity index (χ0v) is 12.0. The molecule has 1 aromatic carbocycles. The average molecular weight is 289 g/mol. The molecule has 0 saturated heterocycles. The van der Waals surface area contributed by atoms with Crippen molar-refractivity contribution in [3.63, 3.8) is 0 Å². The monoisotopic (exact) mass is 289 g/mol. The maximum absolute atomic E-state index is 12.1. The summed E-state index contributed by atoms with van der Waals surface area (Å²) in [5.74, 6) is 0. The summed E-state index contributed by atoms with van der Waals surface area (Å²) in [6, 6.07) is 7.88. The molecular weight excluding hydrogens is 267 g/mol. The van der Waals surface area contributed by atoms with Crippen molar-refractivity contribution in [2.24, 2.45) is 0 Å². The molecule has 1 rings (SSSR count). The number of aryl methyl sites for hydroxylation is 1. The van der Waals surface area contributed by atoms with Crippen molar-refractivity contribution in [2.75, 3.05) is 19.8 Å². The average Bonchev–Trinajstić information content (AvgIpc) is 2.38. The van der Waals surface area contributed by atoms with Crippen LogP contribution in [0.5, 0.6) is 0 Å². The minimum Gasteiger partial charge on any atom is -0.379 e. The third-order valence-corrected chi connectivity index (χ3v) is 2.93. The molecule has 1 atom stereocenters. The van der Waals surface area contributed by atoms with Gasteiger partial charge in [0.1, 0.15) is 0 Å². The van der Waals surface area contributed by atoms with Gasteiger partial charge in [-0.3, -0.25) is 0 Å². The molecular formula is C15H22F3NO. The first-order chi connectivity index (χ1) is 9.42. The topological polar surface area (TPSA) is 21.3 Å². The summed E-state index contributed by atoms with van der Waals surface area (Å²) >= 11 is 0. The summed E-state index contributed by atoms with van der Waals surface area (Å²) in [5.41, 5.74) is 2.19. The van der Waals surface area contributed by atoms with E-state index < -0.39 is 12.6 Å². The summed E-state index contributed by atoms with van der Waals surface area (Å²) < 4.78 is 41.3.